The number of rotatable bonds is 7. The van der Waals surface area contributed by atoms with Gasteiger partial charge in [-0.15, -0.1) is 0 Å². The zero-order valence-corrected chi connectivity index (χ0v) is 17.0. The molecule has 0 saturated heterocycles. The van der Waals surface area contributed by atoms with Crippen molar-refractivity contribution in [2.24, 2.45) is 0 Å². The van der Waals surface area contributed by atoms with E-state index >= 15 is 0 Å². The van der Waals surface area contributed by atoms with Crippen molar-refractivity contribution < 1.29 is 26.3 Å². The van der Waals surface area contributed by atoms with E-state index in [0.29, 0.717) is 23.6 Å². The van der Waals surface area contributed by atoms with Crippen molar-refractivity contribution >= 4 is 15.8 Å². The highest BCUT2D eigenvalue weighted by Gasteiger charge is 2.30. The fraction of sp³-hybridized carbons (Fsp3) is 0.421. The average molecular weight is 416 g/mol. The molecule has 1 N–H and O–H groups in total. The first kappa shape index (κ1) is 22.0. The van der Waals surface area contributed by atoms with Gasteiger partial charge >= 0.3 is 6.18 Å². The van der Waals surface area contributed by atoms with Crippen molar-refractivity contribution in [1.82, 2.24) is 4.98 Å². The van der Waals surface area contributed by atoms with Gasteiger partial charge in [-0.1, -0.05) is 13.3 Å². The van der Waals surface area contributed by atoms with Crippen LogP contribution in [0.5, 0.6) is 5.75 Å². The number of nitrogens with zero attached hydrogens (tertiary/aromatic N) is 1. The van der Waals surface area contributed by atoms with Crippen molar-refractivity contribution in [3.8, 4) is 5.75 Å². The molecule has 1 aromatic carbocycles. The maximum absolute atomic E-state index is 12.7. The summed E-state index contributed by atoms with van der Waals surface area (Å²) in [7, 11) is -4.09. The minimum atomic E-state index is -4.53. The molecule has 0 aliphatic heterocycles. The molecule has 5 nitrogen and oxygen atoms in total. The molecule has 0 atom stereocenters. The van der Waals surface area contributed by atoms with E-state index < -0.39 is 21.8 Å². The predicted octanol–water partition coefficient (Wildman–Crippen LogP) is 5.01. The molecule has 154 valence electrons. The van der Waals surface area contributed by atoms with Crippen LogP contribution in [0.25, 0.3) is 0 Å². The predicted molar refractivity (Wildman–Crippen MR) is 101 cm³/mol. The molecule has 0 amide bonds. The lowest BCUT2D eigenvalue weighted by molar-refractivity contribution is -0.137. The minimum absolute atomic E-state index is 0.123. The number of anilines is 1. The van der Waals surface area contributed by atoms with Crippen LogP contribution >= 0.6 is 0 Å². The second-order valence-electron chi connectivity index (χ2n) is 6.45. The summed E-state index contributed by atoms with van der Waals surface area (Å²) in [5.41, 5.74) is 0.964. The third-order valence-electron chi connectivity index (χ3n) is 4.33. The third kappa shape index (κ3) is 4.95. The lowest BCUT2D eigenvalue weighted by atomic mass is 10.1. The number of pyridine rings is 1. The van der Waals surface area contributed by atoms with Crippen LogP contribution in [0.3, 0.4) is 0 Å². The molecular formula is C19H23F3N2O3S. The van der Waals surface area contributed by atoms with E-state index in [1.165, 1.54) is 0 Å². The van der Waals surface area contributed by atoms with E-state index in [1.54, 1.807) is 20.8 Å². The molecule has 1 aromatic heterocycles. The molecule has 0 unspecified atom stereocenters. The Kier molecular flexibility index (Phi) is 6.59. The van der Waals surface area contributed by atoms with Gasteiger partial charge in [-0.2, -0.15) is 13.2 Å². The van der Waals surface area contributed by atoms with Crippen molar-refractivity contribution in [1.29, 1.82) is 0 Å². The molecule has 0 spiro atoms. The molecule has 0 radical (unpaired) electrons. The van der Waals surface area contributed by atoms with Gasteiger partial charge in [-0.3, -0.25) is 4.72 Å². The van der Waals surface area contributed by atoms with E-state index in [-0.39, 0.29) is 10.7 Å². The van der Waals surface area contributed by atoms with E-state index in [4.69, 9.17) is 4.74 Å². The smallest absolute Gasteiger partial charge is 0.416 e. The van der Waals surface area contributed by atoms with Crippen LogP contribution < -0.4 is 9.46 Å². The van der Waals surface area contributed by atoms with Crippen LogP contribution in [0.4, 0.5) is 19.0 Å². The number of aromatic nitrogens is 1. The van der Waals surface area contributed by atoms with Crippen LogP contribution in [0.1, 0.15) is 42.1 Å². The van der Waals surface area contributed by atoms with E-state index in [2.05, 4.69) is 9.71 Å². The maximum Gasteiger partial charge on any atom is 0.416 e. The summed E-state index contributed by atoms with van der Waals surface area (Å²) in [6.07, 6.45) is -2.66. The number of unbranched alkanes of at least 4 members (excludes halogenated alkanes) is 1. The number of benzene rings is 1. The lowest BCUT2D eigenvalue weighted by Gasteiger charge is -2.17. The first-order chi connectivity index (χ1) is 13.0. The van der Waals surface area contributed by atoms with Crippen LogP contribution in [-0.4, -0.2) is 20.0 Å². The molecule has 0 aliphatic rings. The Balaban J connectivity index is 2.31. The molecule has 2 aromatic rings. The number of nitrogens with one attached hydrogen (secondary N) is 1. The topological polar surface area (TPSA) is 68.3 Å². The van der Waals surface area contributed by atoms with E-state index in [1.807, 2.05) is 6.92 Å². The molecule has 28 heavy (non-hydrogen) atoms. The zero-order chi connectivity index (χ0) is 21.1. The van der Waals surface area contributed by atoms with Gasteiger partial charge in [0.1, 0.15) is 11.6 Å². The van der Waals surface area contributed by atoms with Crippen LogP contribution in [0, 0.1) is 20.8 Å². The number of ether oxygens (including phenoxy) is 1. The van der Waals surface area contributed by atoms with Gasteiger partial charge in [0.2, 0.25) is 0 Å². The summed E-state index contributed by atoms with van der Waals surface area (Å²) in [5, 5.41) is 0. The van der Waals surface area contributed by atoms with E-state index in [0.717, 1.165) is 42.7 Å². The molecule has 1 heterocycles. The third-order valence-corrected chi connectivity index (χ3v) is 5.69. The van der Waals surface area contributed by atoms with Gasteiger partial charge in [0.25, 0.3) is 10.0 Å². The molecule has 9 heteroatoms. The molecular weight excluding hydrogens is 393 g/mol. The summed E-state index contributed by atoms with van der Waals surface area (Å²) < 4.78 is 71.3. The Bertz CT molecular complexity index is 940. The van der Waals surface area contributed by atoms with Gasteiger partial charge in [0.15, 0.2) is 0 Å². The number of hydrogen-bond acceptors (Lipinski definition) is 4. The van der Waals surface area contributed by atoms with Crippen molar-refractivity contribution in [2.45, 2.75) is 51.6 Å². The summed E-state index contributed by atoms with van der Waals surface area (Å²) >= 11 is 0. The zero-order valence-electron chi connectivity index (χ0n) is 16.1. The van der Waals surface area contributed by atoms with Gasteiger partial charge < -0.3 is 4.74 Å². The lowest BCUT2D eigenvalue weighted by Crippen LogP contribution is -2.17. The normalized spacial score (nSPS) is 12.1. The highest BCUT2D eigenvalue weighted by atomic mass is 32.2. The Morgan fingerprint density at radius 2 is 1.68 bits per heavy atom. The summed E-state index contributed by atoms with van der Waals surface area (Å²) in [5.74, 6) is 0.737. The van der Waals surface area contributed by atoms with Crippen molar-refractivity contribution in [3.05, 3.63) is 46.6 Å². The maximum atomic E-state index is 12.7. The second kappa shape index (κ2) is 8.38. The summed E-state index contributed by atoms with van der Waals surface area (Å²) in [6.45, 7) is 7.81. The number of halogens is 3. The van der Waals surface area contributed by atoms with E-state index in [9.17, 15) is 21.6 Å². The molecule has 0 fully saturated rings. The number of aryl methyl sites for hydroxylation is 1. The van der Waals surface area contributed by atoms with Crippen LogP contribution in [0.15, 0.2) is 29.2 Å². The standard InChI is InChI=1S/C19H23F3N2O3S/c1-5-6-11-27-17-12(2)13(3)18(23-14(17)4)24-28(25,26)16-9-7-15(8-10-16)19(20,21)22/h7-10H,5-6,11H2,1-4H3,(H,23,24). The first-order valence-corrected chi connectivity index (χ1v) is 10.3. The fourth-order valence-corrected chi connectivity index (χ4v) is 3.63. The Hall–Kier alpha value is -2.29. The quantitative estimate of drug-likeness (QED) is 0.645. The highest BCUT2D eigenvalue weighted by molar-refractivity contribution is 7.92. The van der Waals surface area contributed by atoms with Gasteiger partial charge in [-0.25, -0.2) is 13.4 Å². The van der Waals surface area contributed by atoms with Crippen molar-refractivity contribution in [3.63, 3.8) is 0 Å². The first-order valence-electron chi connectivity index (χ1n) is 8.78. The Labute approximate surface area is 163 Å². The minimum Gasteiger partial charge on any atom is -0.491 e. The monoisotopic (exact) mass is 416 g/mol. The van der Waals surface area contributed by atoms with Crippen molar-refractivity contribution in [2.75, 3.05) is 11.3 Å². The van der Waals surface area contributed by atoms with Gasteiger partial charge in [0.05, 0.1) is 22.8 Å². The van der Waals surface area contributed by atoms with Crippen LogP contribution in [0.2, 0.25) is 0 Å². The number of sulfonamides is 1. The number of hydrogen-bond donors (Lipinski definition) is 1. The molecule has 0 saturated carbocycles. The second-order valence-corrected chi connectivity index (χ2v) is 8.14. The van der Waals surface area contributed by atoms with Crippen LogP contribution in [-0.2, 0) is 16.2 Å². The fourth-order valence-electron chi connectivity index (χ4n) is 2.56. The summed E-state index contributed by atoms with van der Waals surface area (Å²) in [4.78, 5) is 4.01. The average Bonchev–Trinajstić information content (AvgIpc) is 2.61. The Morgan fingerprint density at radius 3 is 2.21 bits per heavy atom. The number of alkyl halides is 3. The SMILES string of the molecule is CCCCOc1c(C)nc(NS(=O)(=O)c2ccc(C(F)(F)F)cc2)c(C)c1C. The molecule has 0 aliphatic carbocycles. The van der Waals surface area contributed by atoms with Gasteiger partial charge in [-0.05, 0) is 62.6 Å². The summed E-state index contributed by atoms with van der Waals surface area (Å²) in [6, 6.07) is 3.30. The van der Waals surface area contributed by atoms with Gasteiger partial charge in [0, 0.05) is 0 Å². The largest absolute Gasteiger partial charge is 0.491 e. The highest BCUT2D eigenvalue weighted by Crippen LogP contribution is 2.32. The Morgan fingerprint density at radius 1 is 1.07 bits per heavy atom. The molecule has 2 rings (SSSR count). The molecule has 0 bridgehead atoms.